The first kappa shape index (κ1) is 21.3. The molecule has 1 aromatic carbocycles. The van der Waals surface area contributed by atoms with Crippen LogP contribution in [0, 0.1) is 0 Å². The van der Waals surface area contributed by atoms with Crippen molar-refractivity contribution < 1.29 is 23.1 Å². The number of fused-ring (bicyclic) bond motifs is 2. The Kier molecular flexibility index (Phi) is 5.02. The maximum Gasteiger partial charge on any atom is 0.344 e. The first-order valence-corrected chi connectivity index (χ1v) is 10.9. The van der Waals surface area contributed by atoms with Crippen LogP contribution in [0.25, 0.3) is 5.65 Å². The number of primary amides is 1. The Balaban J connectivity index is 1.39. The SMILES string of the molecule is NC(=O)C1(OC(=O)c2cnn3ccc(NC4CCc5ccccc54)nc23)CCC(F)(F)CC1. The van der Waals surface area contributed by atoms with Crippen molar-refractivity contribution in [2.24, 2.45) is 5.73 Å². The Morgan fingerprint density at radius 3 is 2.67 bits per heavy atom. The number of nitrogens with two attached hydrogens (primary N) is 1. The van der Waals surface area contributed by atoms with Gasteiger partial charge in [0, 0.05) is 31.9 Å². The number of carbonyl (C=O) groups is 2. The number of hydrogen-bond donors (Lipinski definition) is 2. The largest absolute Gasteiger partial charge is 0.445 e. The van der Waals surface area contributed by atoms with Gasteiger partial charge in [-0.25, -0.2) is 23.1 Å². The van der Waals surface area contributed by atoms with Crippen molar-refractivity contribution in [3.05, 3.63) is 59.4 Å². The maximum absolute atomic E-state index is 13.6. The van der Waals surface area contributed by atoms with Gasteiger partial charge >= 0.3 is 5.97 Å². The van der Waals surface area contributed by atoms with Gasteiger partial charge in [-0.3, -0.25) is 4.79 Å². The van der Waals surface area contributed by atoms with E-state index in [2.05, 4.69) is 27.5 Å². The van der Waals surface area contributed by atoms with Gasteiger partial charge < -0.3 is 15.8 Å². The number of anilines is 1. The van der Waals surface area contributed by atoms with Crippen LogP contribution in [0.3, 0.4) is 0 Å². The van der Waals surface area contributed by atoms with E-state index in [1.54, 1.807) is 12.3 Å². The van der Waals surface area contributed by atoms with E-state index < -0.39 is 36.2 Å². The third-order valence-electron chi connectivity index (χ3n) is 6.57. The predicted molar refractivity (Wildman–Crippen MR) is 115 cm³/mol. The lowest BCUT2D eigenvalue weighted by atomic mass is 9.82. The molecule has 1 unspecified atom stereocenters. The van der Waals surface area contributed by atoms with Crippen LogP contribution in [0.2, 0.25) is 0 Å². The molecule has 0 radical (unpaired) electrons. The van der Waals surface area contributed by atoms with Gasteiger partial charge in [0.25, 0.3) is 5.91 Å². The van der Waals surface area contributed by atoms with Crippen molar-refractivity contribution in [1.29, 1.82) is 0 Å². The number of nitrogens with one attached hydrogen (secondary N) is 1. The highest BCUT2D eigenvalue weighted by atomic mass is 19.3. The van der Waals surface area contributed by atoms with E-state index in [1.165, 1.54) is 21.8 Å². The van der Waals surface area contributed by atoms with Gasteiger partial charge in [-0.1, -0.05) is 24.3 Å². The molecular weight excluding hydrogens is 432 g/mol. The van der Waals surface area contributed by atoms with E-state index in [9.17, 15) is 18.4 Å². The summed E-state index contributed by atoms with van der Waals surface area (Å²) < 4.78 is 34.1. The summed E-state index contributed by atoms with van der Waals surface area (Å²) in [5.41, 5.74) is 6.45. The number of nitrogens with zero attached hydrogens (tertiary/aromatic N) is 3. The highest BCUT2D eigenvalue weighted by Gasteiger charge is 2.50. The van der Waals surface area contributed by atoms with Crippen molar-refractivity contribution >= 4 is 23.3 Å². The summed E-state index contributed by atoms with van der Waals surface area (Å²) in [4.78, 5) is 29.5. The smallest absolute Gasteiger partial charge is 0.344 e. The number of aryl methyl sites for hydroxylation is 1. The number of benzene rings is 1. The molecule has 2 aromatic heterocycles. The molecule has 1 fully saturated rings. The minimum absolute atomic E-state index is 0.0310. The number of alkyl halides is 2. The molecule has 1 saturated carbocycles. The van der Waals surface area contributed by atoms with Crippen molar-refractivity contribution in [2.45, 2.75) is 56.1 Å². The second-order valence-electron chi connectivity index (χ2n) is 8.68. The van der Waals surface area contributed by atoms with E-state index in [1.807, 2.05) is 12.1 Å². The molecule has 3 N–H and O–H groups in total. The highest BCUT2D eigenvalue weighted by molar-refractivity contribution is 5.98. The minimum atomic E-state index is -2.91. The van der Waals surface area contributed by atoms with Gasteiger partial charge in [-0.15, -0.1) is 0 Å². The van der Waals surface area contributed by atoms with Gasteiger partial charge in [0.1, 0.15) is 11.4 Å². The molecule has 10 heteroatoms. The van der Waals surface area contributed by atoms with E-state index in [0.717, 1.165) is 12.8 Å². The molecule has 1 atom stereocenters. The lowest BCUT2D eigenvalue weighted by Crippen LogP contribution is -2.51. The summed E-state index contributed by atoms with van der Waals surface area (Å²) >= 11 is 0. The minimum Gasteiger partial charge on any atom is -0.445 e. The van der Waals surface area contributed by atoms with Crippen LogP contribution in [-0.4, -0.2) is 38.0 Å². The summed E-state index contributed by atoms with van der Waals surface area (Å²) in [6.07, 6.45) is 3.02. The molecule has 33 heavy (non-hydrogen) atoms. The van der Waals surface area contributed by atoms with Gasteiger partial charge in [0.2, 0.25) is 5.92 Å². The molecule has 8 nitrogen and oxygen atoms in total. The molecule has 0 bridgehead atoms. The number of halogens is 2. The zero-order chi connectivity index (χ0) is 23.2. The third-order valence-corrected chi connectivity index (χ3v) is 6.57. The van der Waals surface area contributed by atoms with Crippen LogP contribution in [0.15, 0.2) is 42.7 Å². The second-order valence-corrected chi connectivity index (χ2v) is 8.68. The standard InChI is InChI=1S/C23H23F2N5O3/c24-23(25)10-8-22(9-11-23,21(26)32)33-20(31)16-13-27-30-12-7-18(29-19(16)30)28-17-6-5-14-3-1-2-4-15(14)17/h1-4,7,12-13,17H,5-6,8-11H2,(H2,26,32)(H,28,29). The summed E-state index contributed by atoms with van der Waals surface area (Å²) in [5.74, 6) is -4.15. The van der Waals surface area contributed by atoms with Crippen LogP contribution < -0.4 is 11.1 Å². The number of ether oxygens (including phenoxy) is 1. The molecule has 0 aliphatic heterocycles. The topological polar surface area (TPSA) is 112 Å². The van der Waals surface area contributed by atoms with Crippen molar-refractivity contribution in [2.75, 3.05) is 5.32 Å². The van der Waals surface area contributed by atoms with E-state index in [4.69, 9.17) is 10.5 Å². The van der Waals surface area contributed by atoms with Crippen molar-refractivity contribution in [3.8, 4) is 0 Å². The molecule has 172 valence electrons. The summed E-state index contributed by atoms with van der Waals surface area (Å²) in [5, 5.41) is 7.52. The Labute approximate surface area is 188 Å². The van der Waals surface area contributed by atoms with E-state index >= 15 is 0 Å². The zero-order valence-corrected chi connectivity index (χ0v) is 17.8. The maximum atomic E-state index is 13.6. The predicted octanol–water partition coefficient (Wildman–Crippen LogP) is 3.42. The number of esters is 1. The summed E-state index contributed by atoms with van der Waals surface area (Å²) in [7, 11) is 0. The second kappa shape index (κ2) is 7.79. The van der Waals surface area contributed by atoms with Crippen LogP contribution in [0.5, 0.6) is 0 Å². The molecular formula is C23H23F2N5O3. The molecule has 2 heterocycles. The van der Waals surface area contributed by atoms with Gasteiger partial charge in [0.15, 0.2) is 11.2 Å². The first-order chi connectivity index (χ1) is 15.8. The molecule has 0 saturated heterocycles. The average molecular weight is 455 g/mol. The van der Waals surface area contributed by atoms with Crippen LogP contribution in [-0.2, 0) is 16.0 Å². The normalized spacial score (nSPS) is 20.8. The third kappa shape index (κ3) is 3.90. The van der Waals surface area contributed by atoms with E-state index in [0.29, 0.717) is 5.82 Å². The van der Waals surface area contributed by atoms with Crippen molar-refractivity contribution in [1.82, 2.24) is 14.6 Å². The number of aromatic nitrogens is 3. The Morgan fingerprint density at radius 2 is 1.91 bits per heavy atom. The molecule has 2 aliphatic carbocycles. The van der Waals surface area contributed by atoms with Gasteiger partial charge in [-0.05, 0) is 30.0 Å². The average Bonchev–Trinajstić information content (AvgIpc) is 3.39. The van der Waals surface area contributed by atoms with Crippen LogP contribution in [0.1, 0.15) is 59.6 Å². The molecule has 5 rings (SSSR count). The fourth-order valence-electron chi connectivity index (χ4n) is 4.63. The molecule has 3 aromatic rings. The number of hydrogen-bond acceptors (Lipinski definition) is 6. The zero-order valence-electron chi connectivity index (χ0n) is 17.8. The monoisotopic (exact) mass is 455 g/mol. The summed E-state index contributed by atoms with van der Waals surface area (Å²) in [6.45, 7) is 0. The molecule has 1 amide bonds. The fourth-order valence-corrected chi connectivity index (χ4v) is 4.63. The molecule has 2 aliphatic rings. The fraction of sp³-hybridized carbons (Fsp3) is 0.391. The van der Waals surface area contributed by atoms with Crippen LogP contribution in [0.4, 0.5) is 14.6 Å². The van der Waals surface area contributed by atoms with Crippen molar-refractivity contribution in [3.63, 3.8) is 0 Å². The van der Waals surface area contributed by atoms with Gasteiger partial charge in [-0.2, -0.15) is 5.10 Å². The lowest BCUT2D eigenvalue weighted by Gasteiger charge is -2.36. The number of amides is 1. The Morgan fingerprint density at radius 1 is 1.15 bits per heavy atom. The van der Waals surface area contributed by atoms with Crippen LogP contribution >= 0.6 is 0 Å². The van der Waals surface area contributed by atoms with E-state index in [-0.39, 0.29) is 30.1 Å². The number of carbonyl (C=O) groups excluding carboxylic acids is 2. The van der Waals surface area contributed by atoms with Gasteiger partial charge in [0.05, 0.1) is 12.2 Å². The number of rotatable bonds is 5. The Hall–Kier alpha value is -3.56. The first-order valence-electron chi connectivity index (χ1n) is 10.9. The molecule has 0 spiro atoms. The highest BCUT2D eigenvalue weighted by Crippen LogP contribution is 2.41. The Bertz CT molecular complexity index is 1230. The quantitative estimate of drug-likeness (QED) is 0.571. The lowest BCUT2D eigenvalue weighted by molar-refractivity contribution is -0.151. The summed E-state index contributed by atoms with van der Waals surface area (Å²) in [6, 6.07) is 10.0.